The van der Waals surface area contributed by atoms with Crippen LogP contribution in [-0.2, 0) is 11.4 Å². The molecule has 1 aromatic rings. The first-order valence-corrected chi connectivity index (χ1v) is 7.41. The molecule has 0 amide bonds. The van der Waals surface area contributed by atoms with Gasteiger partial charge in [0.2, 0.25) is 0 Å². The van der Waals surface area contributed by atoms with Crippen molar-refractivity contribution in [2.45, 2.75) is 52.6 Å². The van der Waals surface area contributed by atoms with Crippen LogP contribution in [-0.4, -0.2) is 5.71 Å². The van der Waals surface area contributed by atoms with Gasteiger partial charge >= 0.3 is 0 Å². The van der Waals surface area contributed by atoms with Crippen molar-refractivity contribution >= 4 is 5.71 Å². The third kappa shape index (κ3) is 6.38. The van der Waals surface area contributed by atoms with Crippen LogP contribution in [0.15, 0.2) is 35.5 Å². The van der Waals surface area contributed by atoms with Crippen molar-refractivity contribution < 1.29 is 4.84 Å². The fraction of sp³-hybridized carbons (Fsp3) is 0.529. The van der Waals surface area contributed by atoms with Gasteiger partial charge in [0.05, 0.1) is 11.8 Å². The number of rotatable bonds is 9. The SMILES string of the molecule is CCCC(C#N)CCC(CC)=NOCc1ccccc1. The van der Waals surface area contributed by atoms with Crippen LogP contribution in [0.3, 0.4) is 0 Å². The third-order valence-corrected chi connectivity index (χ3v) is 3.28. The van der Waals surface area contributed by atoms with Gasteiger partial charge in [-0.2, -0.15) is 5.26 Å². The first-order chi connectivity index (χ1) is 9.80. The molecule has 3 nitrogen and oxygen atoms in total. The topological polar surface area (TPSA) is 45.4 Å². The van der Waals surface area contributed by atoms with Gasteiger partial charge in [0.1, 0.15) is 6.61 Å². The van der Waals surface area contributed by atoms with Gasteiger partial charge in [0.25, 0.3) is 0 Å². The zero-order valence-electron chi connectivity index (χ0n) is 12.5. The molecule has 0 heterocycles. The van der Waals surface area contributed by atoms with Gasteiger partial charge in [-0.05, 0) is 31.2 Å². The average molecular weight is 272 g/mol. The van der Waals surface area contributed by atoms with Crippen molar-refractivity contribution in [3.63, 3.8) is 0 Å². The summed E-state index contributed by atoms with van der Waals surface area (Å²) in [5.41, 5.74) is 2.16. The maximum Gasteiger partial charge on any atom is 0.142 e. The summed E-state index contributed by atoms with van der Waals surface area (Å²) in [7, 11) is 0. The number of hydrogen-bond donors (Lipinski definition) is 0. The van der Waals surface area contributed by atoms with Gasteiger partial charge in [-0.15, -0.1) is 0 Å². The molecule has 0 spiro atoms. The highest BCUT2D eigenvalue weighted by atomic mass is 16.6. The molecule has 0 aliphatic carbocycles. The molecule has 0 fully saturated rings. The minimum atomic E-state index is 0.144. The molecule has 108 valence electrons. The van der Waals surface area contributed by atoms with E-state index in [1.165, 1.54) is 0 Å². The molecule has 1 rings (SSSR count). The molecule has 0 aromatic heterocycles. The molecule has 0 saturated heterocycles. The largest absolute Gasteiger partial charge is 0.391 e. The van der Waals surface area contributed by atoms with Gasteiger partial charge in [0, 0.05) is 5.92 Å². The number of nitrogens with zero attached hydrogens (tertiary/aromatic N) is 2. The quantitative estimate of drug-likeness (QED) is 0.483. The molecule has 1 aromatic carbocycles. The van der Waals surface area contributed by atoms with E-state index in [2.05, 4.69) is 25.1 Å². The first-order valence-electron chi connectivity index (χ1n) is 7.41. The lowest BCUT2D eigenvalue weighted by atomic mass is 9.97. The molecule has 0 aliphatic heterocycles. The van der Waals surface area contributed by atoms with Crippen molar-refractivity contribution in [2.75, 3.05) is 0 Å². The standard InChI is InChI=1S/C17H24N2O/c1-3-8-15(13-18)11-12-17(4-2)19-20-14-16-9-6-5-7-10-16/h5-7,9-10,15H,3-4,8,11-12,14H2,1-2H3. The zero-order valence-corrected chi connectivity index (χ0v) is 12.5. The molecule has 0 saturated carbocycles. The second-order valence-corrected chi connectivity index (χ2v) is 4.92. The Morgan fingerprint density at radius 2 is 2.00 bits per heavy atom. The fourth-order valence-electron chi connectivity index (χ4n) is 2.02. The Balaban J connectivity index is 2.37. The van der Waals surface area contributed by atoms with E-state index in [-0.39, 0.29) is 5.92 Å². The van der Waals surface area contributed by atoms with Crippen molar-refractivity contribution in [3.8, 4) is 6.07 Å². The summed E-state index contributed by atoms with van der Waals surface area (Å²) in [5, 5.41) is 13.3. The normalized spacial score (nSPS) is 12.8. The lowest BCUT2D eigenvalue weighted by molar-refractivity contribution is 0.129. The molecule has 1 atom stereocenters. The monoisotopic (exact) mass is 272 g/mol. The van der Waals surface area contributed by atoms with E-state index in [0.717, 1.165) is 43.4 Å². The second-order valence-electron chi connectivity index (χ2n) is 4.92. The highest BCUT2D eigenvalue weighted by Gasteiger charge is 2.08. The number of oxime groups is 1. The Labute approximate surface area is 122 Å². The van der Waals surface area contributed by atoms with Gasteiger partial charge in [-0.25, -0.2) is 0 Å². The van der Waals surface area contributed by atoms with Gasteiger partial charge in [0.15, 0.2) is 0 Å². The van der Waals surface area contributed by atoms with Crippen LogP contribution in [0.25, 0.3) is 0 Å². The minimum Gasteiger partial charge on any atom is -0.391 e. The van der Waals surface area contributed by atoms with Crippen LogP contribution in [0.1, 0.15) is 51.5 Å². The summed E-state index contributed by atoms with van der Waals surface area (Å²) in [4.78, 5) is 5.40. The zero-order chi connectivity index (χ0) is 14.6. The van der Waals surface area contributed by atoms with Crippen LogP contribution >= 0.6 is 0 Å². The van der Waals surface area contributed by atoms with E-state index in [4.69, 9.17) is 10.1 Å². The van der Waals surface area contributed by atoms with Crippen LogP contribution in [0.2, 0.25) is 0 Å². The van der Waals surface area contributed by atoms with Crippen LogP contribution in [0.4, 0.5) is 0 Å². The minimum absolute atomic E-state index is 0.144. The van der Waals surface area contributed by atoms with Crippen molar-refractivity contribution in [2.24, 2.45) is 11.1 Å². The van der Waals surface area contributed by atoms with Crippen LogP contribution < -0.4 is 0 Å². The summed E-state index contributed by atoms with van der Waals surface area (Å²) >= 11 is 0. The Hall–Kier alpha value is -1.82. The first kappa shape index (κ1) is 16.2. The van der Waals surface area contributed by atoms with Crippen molar-refractivity contribution in [1.82, 2.24) is 0 Å². The van der Waals surface area contributed by atoms with E-state index in [0.29, 0.717) is 6.61 Å². The summed E-state index contributed by atoms with van der Waals surface area (Å²) in [5.74, 6) is 0.144. The fourth-order valence-corrected chi connectivity index (χ4v) is 2.02. The van der Waals surface area contributed by atoms with Crippen LogP contribution in [0, 0.1) is 17.2 Å². The summed E-state index contributed by atoms with van der Waals surface area (Å²) in [6, 6.07) is 12.4. The predicted molar refractivity (Wildman–Crippen MR) is 82.2 cm³/mol. The summed E-state index contributed by atoms with van der Waals surface area (Å²) in [6.45, 7) is 4.69. The number of benzene rings is 1. The molecule has 1 unspecified atom stereocenters. The van der Waals surface area contributed by atoms with Gasteiger partial charge in [-0.1, -0.05) is 55.8 Å². The van der Waals surface area contributed by atoms with E-state index < -0.39 is 0 Å². The lowest BCUT2D eigenvalue weighted by Crippen LogP contribution is -2.04. The van der Waals surface area contributed by atoms with E-state index >= 15 is 0 Å². The van der Waals surface area contributed by atoms with Crippen LogP contribution in [0.5, 0.6) is 0 Å². The molecule has 20 heavy (non-hydrogen) atoms. The highest BCUT2D eigenvalue weighted by Crippen LogP contribution is 2.14. The molecular weight excluding hydrogens is 248 g/mol. The maximum atomic E-state index is 9.05. The Morgan fingerprint density at radius 1 is 1.25 bits per heavy atom. The van der Waals surface area contributed by atoms with Crippen molar-refractivity contribution in [1.29, 1.82) is 5.26 Å². The highest BCUT2D eigenvalue weighted by molar-refractivity contribution is 5.83. The second kappa shape index (κ2) is 10.0. The lowest BCUT2D eigenvalue weighted by Gasteiger charge is -2.08. The molecular formula is C17H24N2O. The van der Waals surface area contributed by atoms with Gasteiger partial charge < -0.3 is 4.84 Å². The third-order valence-electron chi connectivity index (χ3n) is 3.28. The summed E-state index contributed by atoms with van der Waals surface area (Å²) < 4.78 is 0. The maximum absolute atomic E-state index is 9.05. The molecule has 0 radical (unpaired) electrons. The molecule has 0 N–H and O–H groups in total. The average Bonchev–Trinajstić information content (AvgIpc) is 2.50. The van der Waals surface area contributed by atoms with E-state index in [9.17, 15) is 0 Å². The predicted octanol–water partition coefficient (Wildman–Crippen LogP) is 4.69. The molecule has 0 aliphatic rings. The van der Waals surface area contributed by atoms with Crippen molar-refractivity contribution in [3.05, 3.63) is 35.9 Å². The Morgan fingerprint density at radius 3 is 2.60 bits per heavy atom. The molecule has 3 heteroatoms. The molecule has 0 bridgehead atoms. The van der Waals surface area contributed by atoms with E-state index in [1.54, 1.807) is 0 Å². The number of hydrogen-bond acceptors (Lipinski definition) is 3. The number of nitriles is 1. The summed E-state index contributed by atoms with van der Waals surface area (Å²) in [6.07, 6.45) is 4.63. The van der Waals surface area contributed by atoms with Gasteiger partial charge in [-0.3, -0.25) is 0 Å². The van der Waals surface area contributed by atoms with E-state index in [1.807, 2.05) is 30.3 Å². The smallest absolute Gasteiger partial charge is 0.142 e. The Kier molecular flexibility index (Phi) is 8.14. The Bertz CT molecular complexity index is 434.